The first kappa shape index (κ1) is 55.8. The fourth-order valence-electron chi connectivity index (χ4n) is 16.0. The molecule has 0 bridgehead atoms. The van der Waals surface area contributed by atoms with Crippen molar-refractivity contribution in [1.29, 1.82) is 0 Å². The van der Waals surface area contributed by atoms with E-state index in [4.69, 9.17) is 0 Å². The molecule has 8 nitrogen and oxygen atoms in total. The van der Waals surface area contributed by atoms with Gasteiger partial charge in [0.15, 0.2) is 0 Å². The lowest BCUT2D eigenvalue weighted by Gasteiger charge is -2.43. The van der Waals surface area contributed by atoms with Gasteiger partial charge in [0.1, 0.15) is 0 Å². The minimum atomic E-state index is -1.05. The zero-order valence-electron chi connectivity index (χ0n) is 53.0. The summed E-state index contributed by atoms with van der Waals surface area (Å²) in [4.78, 5) is 43.7. The average Bonchev–Trinajstić information content (AvgIpc) is 1.51. The molecular weight excluding hydrogens is 1110 g/mol. The molecule has 2 amide bonds. The normalized spacial score (nSPS) is 17.0. The van der Waals surface area contributed by atoms with Crippen molar-refractivity contribution in [3.63, 3.8) is 0 Å². The van der Waals surface area contributed by atoms with Gasteiger partial charge in [0, 0.05) is 82.5 Å². The Morgan fingerprint density at radius 2 is 0.802 bits per heavy atom. The SMILES string of the molecule is CCc1ccc(N(c2ccc(CC)cc2)c2ccc3c(C4=C5C(=O)N(C6(C)c7ccccc7-c7ccccc76)C(c6cn(C)c7cc(N(c8ccc(C)cc8)c8ccc(CC)cc8)ccc67)=C5C(=O)N4C4(C)C5=C(C=CCC5)c5ccccc54)cn(C)c3c2)cc1. The molecule has 8 heteroatoms. The number of carbonyl (C=O) groups excluding carboxylic acids is 2. The van der Waals surface area contributed by atoms with E-state index < -0.39 is 11.1 Å². The minimum Gasteiger partial charge on any atom is -0.350 e. The number of carbonyl (C=O) groups is 2. The third-order valence-corrected chi connectivity index (χ3v) is 20.7. The van der Waals surface area contributed by atoms with Crippen LogP contribution in [0.5, 0.6) is 0 Å². The average molecular weight is 1190 g/mol. The van der Waals surface area contributed by atoms with E-state index in [-0.39, 0.29) is 11.8 Å². The largest absolute Gasteiger partial charge is 0.350 e. The van der Waals surface area contributed by atoms with Gasteiger partial charge in [-0.05, 0) is 187 Å². The molecule has 0 saturated heterocycles. The summed E-state index contributed by atoms with van der Waals surface area (Å²) >= 11 is 0. The van der Waals surface area contributed by atoms with Crippen molar-refractivity contribution < 1.29 is 9.59 Å². The van der Waals surface area contributed by atoms with Crippen LogP contribution in [0.15, 0.2) is 248 Å². The number of hydrogen-bond acceptors (Lipinski definition) is 4. The predicted molar refractivity (Wildman–Crippen MR) is 373 cm³/mol. The lowest BCUT2D eigenvalue weighted by molar-refractivity contribution is -0.127. The molecule has 1 atom stereocenters. The van der Waals surface area contributed by atoms with Crippen LogP contribution in [0.25, 0.3) is 49.9 Å². The number of aryl methyl sites for hydroxylation is 6. The Morgan fingerprint density at radius 3 is 1.23 bits per heavy atom. The second-order valence-corrected chi connectivity index (χ2v) is 25.6. The Labute approximate surface area is 533 Å². The van der Waals surface area contributed by atoms with E-state index in [1.54, 1.807) is 0 Å². The van der Waals surface area contributed by atoms with Gasteiger partial charge in [0.05, 0.1) is 44.7 Å². The Balaban J connectivity index is 0.968. The molecule has 2 aliphatic heterocycles. The number of amides is 2. The highest BCUT2D eigenvalue weighted by molar-refractivity contribution is 6.32. The molecule has 0 saturated carbocycles. The number of hydrogen-bond donors (Lipinski definition) is 0. The number of rotatable bonds is 13. The molecule has 1 unspecified atom stereocenters. The third-order valence-electron chi connectivity index (χ3n) is 20.7. The Bertz CT molecular complexity index is 4900. The molecule has 0 spiro atoms. The summed E-state index contributed by atoms with van der Waals surface area (Å²) in [6.45, 7) is 13.1. The third kappa shape index (κ3) is 8.20. The van der Waals surface area contributed by atoms with Crippen molar-refractivity contribution in [2.75, 3.05) is 9.80 Å². The molecule has 9 aromatic carbocycles. The molecule has 446 valence electrons. The maximum absolute atomic E-state index is 17.5. The zero-order valence-corrected chi connectivity index (χ0v) is 53.0. The Kier molecular flexibility index (Phi) is 12.9. The molecule has 5 aliphatic rings. The fourth-order valence-corrected chi connectivity index (χ4v) is 16.0. The summed E-state index contributed by atoms with van der Waals surface area (Å²) in [6, 6.07) is 74.3. The lowest BCUT2D eigenvalue weighted by Crippen LogP contribution is -2.47. The van der Waals surface area contributed by atoms with Crippen molar-refractivity contribution >= 4 is 84.7 Å². The van der Waals surface area contributed by atoms with Crippen molar-refractivity contribution in [2.45, 2.75) is 84.7 Å². The summed E-state index contributed by atoms with van der Waals surface area (Å²) in [5.74, 6) is -0.404. The van der Waals surface area contributed by atoms with E-state index >= 15 is 9.59 Å². The van der Waals surface area contributed by atoms with E-state index in [0.29, 0.717) is 22.5 Å². The highest BCUT2D eigenvalue weighted by Gasteiger charge is 2.61. The molecular formula is C83H72N6O2. The molecule has 11 aromatic rings. The van der Waals surface area contributed by atoms with Gasteiger partial charge < -0.3 is 18.9 Å². The monoisotopic (exact) mass is 1180 g/mol. The highest BCUT2D eigenvalue weighted by Crippen LogP contribution is 2.63. The summed E-state index contributed by atoms with van der Waals surface area (Å²) in [5, 5.41) is 1.88. The first-order valence-corrected chi connectivity index (χ1v) is 32.3. The zero-order chi connectivity index (χ0) is 62.2. The van der Waals surface area contributed by atoms with Crippen LogP contribution < -0.4 is 9.80 Å². The van der Waals surface area contributed by atoms with Crippen LogP contribution in [-0.4, -0.2) is 30.7 Å². The van der Waals surface area contributed by atoms with Gasteiger partial charge in [-0.15, -0.1) is 0 Å². The van der Waals surface area contributed by atoms with Crippen LogP contribution in [0.3, 0.4) is 0 Å². The second-order valence-electron chi connectivity index (χ2n) is 25.6. The van der Waals surface area contributed by atoms with Gasteiger partial charge in [-0.3, -0.25) is 19.4 Å². The van der Waals surface area contributed by atoms with Crippen molar-refractivity contribution in [2.24, 2.45) is 14.1 Å². The van der Waals surface area contributed by atoms with E-state index in [1.165, 1.54) is 27.8 Å². The smallest absolute Gasteiger partial charge is 0.262 e. The van der Waals surface area contributed by atoms with Crippen LogP contribution in [0.2, 0.25) is 0 Å². The van der Waals surface area contributed by atoms with Gasteiger partial charge in [-0.25, -0.2) is 0 Å². The topological polar surface area (TPSA) is 57.0 Å². The maximum atomic E-state index is 17.5. The number of allylic oxidation sites excluding steroid dienone is 3. The summed E-state index contributed by atoms with van der Waals surface area (Å²) in [5.41, 5.74) is 23.5. The molecule has 0 N–H and O–H groups in total. The van der Waals surface area contributed by atoms with Crippen LogP contribution in [0.1, 0.15) is 103 Å². The second kappa shape index (κ2) is 21.1. The quantitative estimate of drug-likeness (QED) is 0.115. The predicted octanol–water partition coefficient (Wildman–Crippen LogP) is 19.4. The summed E-state index contributed by atoms with van der Waals surface area (Å²) < 4.78 is 4.37. The van der Waals surface area contributed by atoms with E-state index in [2.05, 4.69) is 310 Å². The van der Waals surface area contributed by atoms with Crippen LogP contribution in [-0.2, 0) is 54.0 Å². The van der Waals surface area contributed by atoms with Gasteiger partial charge in [-0.2, -0.15) is 0 Å². The van der Waals surface area contributed by atoms with E-state index in [1.807, 2.05) is 4.90 Å². The van der Waals surface area contributed by atoms with Crippen molar-refractivity contribution in [3.8, 4) is 11.1 Å². The Morgan fingerprint density at radius 1 is 0.429 bits per heavy atom. The van der Waals surface area contributed by atoms with Crippen LogP contribution in [0.4, 0.5) is 34.1 Å². The van der Waals surface area contributed by atoms with Gasteiger partial charge >= 0.3 is 0 Å². The molecule has 4 heterocycles. The van der Waals surface area contributed by atoms with E-state index in [9.17, 15) is 0 Å². The molecule has 0 fully saturated rings. The number of aromatic nitrogens is 2. The number of anilines is 6. The lowest BCUT2D eigenvalue weighted by atomic mass is 9.82. The summed E-state index contributed by atoms with van der Waals surface area (Å²) in [7, 11) is 4.19. The van der Waals surface area contributed by atoms with Gasteiger partial charge in [0.25, 0.3) is 11.8 Å². The number of fused-ring (bicyclic) bond motifs is 8. The molecule has 0 radical (unpaired) electrons. The standard InChI is InChI=1S/C83H72N6O2/c1-9-53-30-38-57(39-31-53)86(56-36-28-52(4)29-37-56)60-44-46-66-68(50-84(7)74(66)48-60)78-76-77(81(91)88(78)82(5)70-24-16-12-20-62(70)63-21-13-17-25-71(63)82)79(89(80(76)90)83(6)72-26-18-14-22-64(72)65-23-15-19-27-73(65)83)69-51-85(8)75-49-61(45-47-67(69)75)87(58-40-32-54(10-2)33-41-58)59-42-34-55(11-3)35-43-59/h12-18,20-26,28-51H,9-11,19,27H2,1-8H3. The summed E-state index contributed by atoms with van der Waals surface area (Å²) in [6.07, 6.45) is 13.3. The Hall–Kier alpha value is -10.4. The molecule has 16 rings (SSSR count). The van der Waals surface area contributed by atoms with Crippen LogP contribution in [0, 0.1) is 6.92 Å². The van der Waals surface area contributed by atoms with Crippen LogP contribution >= 0.6 is 0 Å². The van der Waals surface area contributed by atoms with E-state index in [0.717, 1.165) is 138 Å². The first-order valence-electron chi connectivity index (χ1n) is 32.3. The molecule has 3 aliphatic carbocycles. The molecule has 91 heavy (non-hydrogen) atoms. The maximum Gasteiger partial charge on any atom is 0.262 e. The molecule has 2 aromatic heterocycles. The number of benzene rings is 9. The van der Waals surface area contributed by atoms with Gasteiger partial charge in [0.2, 0.25) is 0 Å². The fraction of sp³-hybridized carbons (Fsp3) is 0.181. The first-order chi connectivity index (χ1) is 44.3. The van der Waals surface area contributed by atoms with Crippen molar-refractivity contribution in [1.82, 2.24) is 18.9 Å². The number of nitrogens with zero attached hydrogens (tertiary/aromatic N) is 6. The highest BCUT2D eigenvalue weighted by atomic mass is 16.2. The van der Waals surface area contributed by atoms with Gasteiger partial charge in [-0.1, -0.05) is 172 Å². The van der Waals surface area contributed by atoms with Crippen molar-refractivity contribution in [3.05, 3.63) is 303 Å². The minimum absolute atomic E-state index is 0.194.